The summed E-state index contributed by atoms with van der Waals surface area (Å²) >= 11 is 0. The number of nitrogens with zero attached hydrogens (tertiary/aromatic N) is 2. The van der Waals surface area contributed by atoms with Gasteiger partial charge in [0.25, 0.3) is 0 Å². The topological polar surface area (TPSA) is 99.2 Å². The highest BCUT2D eigenvalue weighted by atomic mass is 32.2. The van der Waals surface area contributed by atoms with E-state index in [0.29, 0.717) is 25.9 Å². The monoisotopic (exact) mass is 274 g/mol. The highest BCUT2D eigenvalue weighted by Crippen LogP contribution is 2.24. The van der Waals surface area contributed by atoms with Crippen LogP contribution in [-0.4, -0.2) is 44.0 Å². The van der Waals surface area contributed by atoms with Gasteiger partial charge >= 0.3 is 0 Å². The predicted octanol–water partition coefficient (Wildman–Crippen LogP) is -0.702. The fourth-order valence-corrected chi connectivity index (χ4v) is 3.09. The van der Waals surface area contributed by atoms with Crippen molar-refractivity contribution < 1.29 is 13.2 Å². The molecule has 0 unspecified atom stereocenters. The summed E-state index contributed by atoms with van der Waals surface area (Å²) in [6, 6.07) is -0.0437. The first kappa shape index (κ1) is 13.5. The molecular formula is C10H18N4O3S. The van der Waals surface area contributed by atoms with Crippen LogP contribution in [0.3, 0.4) is 0 Å². The molecule has 102 valence electrons. The molecule has 0 amide bonds. The maximum absolute atomic E-state index is 12.0. The van der Waals surface area contributed by atoms with Crippen molar-refractivity contribution in [3.05, 3.63) is 12.4 Å². The number of hydrogen-bond acceptors (Lipinski definition) is 5. The van der Waals surface area contributed by atoms with Crippen LogP contribution in [0.25, 0.3) is 0 Å². The highest BCUT2D eigenvalue weighted by molar-refractivity contribution is 7.89. The molecule has 1 aliphatic carbocycles. The fourth-order valence-electron chi connectivity index (χ4n) is 1.88. The maximum Gasteiger partial charge on any atom is 0.243 e. The molecule has 0 aliphatic heterocycles. The van der Waals surface area contributed by atoms with Crippen molar-refractivity contribution in [3.8, 4) is 0 Å². The molecule has 2 rings (SSSR count). The Hall–Kier alpha value is -0.960. The van der Waals surface area contributed by atoms with E-state index < -0.39 is 10.0 Å². The molecule has 0 saturated heterocycles. The summed E-state index contributed by atoms with van der Waals surface area (Å²) in [5.74, 6) is 0. The van der Waals surface area contributed by atoms with E-state index in [0.717, 1.165) is 0 Å². The van der Waals surface area contributed by atoms with E-state index in [1.54, 1.807) is 7.11 Å². The average Bonchev–Trinajstić information content (AvgIpc) is 2.72. The molecule has 0 bridgehead atoms. The lowest BCUT2D eigenvalue weighted by atomic mass is 9.90. The van der Waals surface area contributed by atoms with Gasteiger partial charge in [-0.3, -0.25) is 4.68 Å². The van der Waals surface area contributed by atoms with Gasteiger partial charge in [0, 0.05) is 25.9 Å². The van der Waals surface area contributed by atoms with Crippen molar-refractivity contribution in [2.24, 2.45) is 5.73 Å². The van der Waals surface area contributed by atoms with E-state index in [4.69, 9.17) is 10.5 Å². The van der Waals surface area contributed by atoms with Crippen molar-refractivity contribution in [1.82, 2.24) is 14.5 Å². The minimum absolute atomic E-state index is 0.0437. The van der Waals surface area contributed by atoms with Gasteiger partial charge in [-0.05, 0) is 12.8 Å². The van der Waals surface area contributed by atoms with Gasteiger partial charge < -0.3 is 10.5 Å². The zero-order chi connectivity index (χ0) is 13.2. The van der Waals surface area contributed by atoms with Crippen molar-refractivity contribution in [1.29, 1.82) is 0 Å². The van der Waals surface area contributed by atoms with Gasteiger partial charge in [-0.1, -0.05) is 0 Å². The minimum Gasteiger partial charge on any atom is -0.381 e. The summed E-state index contributed by atoms with van der Waals surface area (Å²) in [6.45, 7) is 0.928. The Bertz CT molecular complexity index is 493. The zero-order valence-electron chi connectivity index (χ0n) is 10.2. The summed E-state index contributed by atoms with van der Waals surface area (Å²) < 4.78 is 33.3. The van der Waals surface area contributed by atoms with E-state index >= 15 is 0 Å². The van der Waals surface area contributed by atoms with E-state index in [9.17, 15) is 8.42 Å². The lowest BCUT2D eigenvalue weighted by molar-refractivity contribution is 0.0236. The fraction of sp³-hybridized carbons (Fsp3) is 0.700. The lowest BCUT2D eigenvalue weighted by Crippen LogP contribution is -2.47. The third-order valence-electron chi connectivity index (χ3n) is 3.03. The van der Waals surface area contributed by atoms with E-state index in [-0.39, 0.29) is 17.0 Å². The first-order valence-corrected chi connectivity index (χ1v) is 7.31. The third kappa shape index (κ3) is 2.89. The van der Waals surface area contributed by atoms with E-state index in [1.165, 1.54) is 17.1 Å². The van der Waals surface area contributed by atoms with Crippen molar-refractivity contribution in [3.63, 3.8) is 0 Å². The normalized spacial score (nSPS) is 23.9. The number of methoxy groups -OCH3 is 1. The number of nitrogens with two attached hydrogens (primary N) is 1. The maximum atomic E-state index is 12.0. The van der Waals surface area contributed by atoms with Crippen LogP contribution in [0.5, 0.6) is 0 Å². The number of ether oxygens (including phenoxy) is 1. The Morgan fingerprint density at radius 1 is 1.61 bits per heavy atom. The van der Waals surface area contributed by atoms with E-state index in [1.807, 2.05) is 0 Å². The second-order valence-electron chi connectivity index (χ2n) is 4.38. The van der Waals surface area contributed by atoms with Gasteiger partial charge in [0.2, 0.25) is 10.0 Å². The number of hydrogen-bond donors (Lipinski definition) is 2. The molecule has 1 heterocycles. The molecule has 3 N–H and O–H groups in total. The minimum atomic E-state index is -3.48. The molecule has 0 atom stereocenters. The molecule has 1 saturated carbocycles. The molecular weight excluding hydrogens is 256 g/mol. The molecule has 18 heavy (non-hydrogen) atoms. The van der Waals surface area contributed by atoms with Gasteiger partial charge in [0.1, 0.15) is 4.90 Å². The van der Waals surface area contributed by atoms with Gasteiger partial charge in [-0.25, -0.2) is 13.1 Å². The Labute approximate surface area is 106 Å². The molecule has 0 aromatic carbocycles. The van der Waals surface area contributed by atoms with Crippen LogP contribution >= 0.6 is 0 Å². The molecule has 0 radical (unpaired) electrons. The predicted molar refractivity (Wildman–Crippen MR) is 65.4 cm³/mol. The molecule has 8 heteroatoms. The van der Waals surface area contributed by atoms with Crippen LogP contribution in [0.2, 0.25) is 0 Å². The smallest absolute Gasteiger partial charge is 0.243 e. The molecule has 1 aliphatic rings. The Morgan fingerprint density at radius 3 is 2.94 bits per heavy atom. The lowest BCUT2D eigenvalue weighted by Gasteiger charge is -2.34. The highest BCUT2D eigenvalue weighted by Gasteiger charge is 2.33. The van der Waals surface area contributed by atoms with Crippen molar-refractivity contribution in [2.75, 3.05) is 13.7 Å². The second kappa shape index (κ2) is 5.35. The van der Waals surface area contributed by atoms with Crippen LogP contribution in [0, 0.1) is 0 Å². The van der Waals surface area contributed by atoms with Crippen LogP contribution in [0.1, 0.15) is 12.8 Å². The summed E-state index contributed by atoms with van der Waals surface area (Å²) in [5, 5.41) is 3.95. The summed E-state index contributed by atoms with van der Waals surface area (Å²) in [6.07, 6.45) is 4.42. The molecule has 1 aromatic rings. The van der Waals surface area contributed by atoms with Crippen LogP contribution in [0.15, 0.2) is 17.3 Å². The Morgan fingerprint density at radius 2 is 2.33 bits per heavy atom. The van der Waals surface area contributed by atoms with Crippen LogP contribution < -0.4 is 10.5 Å². The number of sulfonamides is 1. The summed E-state index contributed by atoms with van der Waals surface area (Å²) in [5.41, 5.74) is 5.38. The number of nitrogens with one attached hydrogen (secondary N) is 1. The Kier molecular flexibility index (Phi) is 4.00. The zero-order valence-corrected chi connectivity index (χ0v) is 11.1. The van der Waals surface area contributed by atoms with Gasteiger partial charge in [0.05, 0.1) is 18.8 Å². The van der Waals surface area contributed by atoms with Gasteiger partial charge in [-0.2, -0.15) is 5.10 Å². The molecule has 1 aromatic heterocycles. The SMILES string of the molecule is COC1CC(NS(=O)(=O)c2cnn(CCN)c2)C1. The number of aromatic nitrogens is 2. The summed E-state index contributed by atoms with van der Waals surface area (Å²) in [7, 11) is -1.85. The van der Waals surface area contributed by atoms with Crippen LogP contribution in [0.4, 0.5) is 0 Å². The van der Waals surface area contributed by atoms with E-state index in [2.05, 4.69) is 9.82 Å². The standard InChI is InChI=1S/C10H18N4O3S/c1-17-9-4-8(5-9)13-18(15,16)10-6-12-14(7-10)3-2-11/h6-9,13H,2-5,11H2,1H3. The van der Waals surface area contributed by atoms with Crippen molar-refractivity contribution in [2.45, 2.75) is 36.4 Å². The van der Waals surface area contributed by atoms with Gasteiger partial charge in [0.15, 0.2) is 0 Å². The largest absolute Gasteiger partial charge is 0.381 e. The summed E-state index contributed by atoms with van der Waals surface area (Å²) in [4.78, 5) is 0.178. The first-order chi connectivity index (χ1) is 8.55. The van der Waals surface area contributed by atoms with Gasteiger partial charge in [-0.15, -0.1) is 0 Å². The second-order valence-corrected chi connectivity index (χ2v) is 6.09. The quantitative estimate of drug-likeness (QED) is 0.714. The van der Waals surface area contributed by atoms with Crippen molar-refractivity contribution >= 4 is 10.0 Å². The third-order valence-corrected chi connectivity index (χ3v) is 4.50. The first-order valence-electron chi connectivity index (χ1n) is 5.83. The molecule has 0 spiro atoms. The van der Waals surface area contributed by atoms with Crippen LogP contribution in [-0.2, 0) is 21.3 Å². The molecule has 7 nitrogen and oxygen atoms in total. The average molecular weight is 274 g/mol. The Balaban J connectivity index is 1.97. The number of rotatable bonds is 6. The molecule has 1 fully saturated rings.